The first kappa shape index (κ1) is 18.2. The average molecular weight is 360 g/mol. The van der Waals surface area contributed by atoms with E-state index in [2.05, 4.69) is 10.6 Å². The molecule has 0 bridgehead atoms. The van der Waals surface area contributed by atoms with E-state index in [0.717, 1.165) is 11.4 Å². The molecule has 0 aromatic heterocycles. The van der Waals surface area contributed by atoms with Crippen LogP contribution >= 0.6 is 0 Å². The number of para-hydroxylation sites is 1. The highest BCUT2D eigenvalue weighted by molar-refractivity contribution is 6.09. The van der Waals surface area contributed by atoms with Gasteiger partial charge in [-0.1, -0.05) is 24.3 Å². The Morgan fingerprint density at radius 2 is 1.59 bits per heavy atom. The zero-order chi connectivity index (χ0) is 19.2. The van der Waals surface area contributed by atoms with Gasteiger partial charge in [-0.15, -0.1) is 0 Å². The zero-order valence-electron chi connectivity index (χ0n) is 15.2. The highest BCUT2D eigenvalue weighted by Gasteiger charge is 2.12. The monoisotopic (exact) mass is 360 g/mol. The predicted octanol–water partition coefficient (Wildman–Crippen LogP) is 4.89. The van der Waals surface area contributed by atoms with Gasteiger partial charge in [0, 0.05) is 16.9 Å². The minimum atomic E-state index is -0.257. The minimum absolute atomic E-state index is 0.0485. The molecule has 0 unspecified atom stereocenters. The van der Waals surface area contributed by atoms with Gasteiger partial charge >= 0.3 is 0 Å². The number of ketones is 1. The van der Waals surface area contributed by atoms with E-state index < -0.39 is 0 Å². The first-order chi connectivity index (χ1) is 13.1. The Morgan fingerprint density at radius 3 is 2.30 bits per heavy atom. The van der Waals surface area contributed by atoms with Crippen molar-refractivity contribution in [2.24, 2.45) is 0 Å². The van der Waals surface area contributed by atoms with Gasteiger partial charge in [0.2, 0.25) is 0 Å². The van der Waals surface area contributed by atoms with Gasteiger partial charge in [0.25, 0.3) is 5.91 Å². The van der Waals surface area contributed by atoms with Crippen molar-refractivity contribution in [1.29, 1.82) is 0 Å². The standard InChI is InChI=1S/C22H20N2O3/c1-15(25)16-6-5-7-18(14-16)24-22(26)20-8-3-4-9-21(20)23-17-10-12-19(27-2)13-11-17/h3-14,23H,1-2H3,(H,24,26). The van der Waals surface area contributed by atoms with E-state index >= 15 is 0 Å². The van der Waals surface area contributed by atoms with Gasteiger partial charge in [-0.25, -0.2) is 0 Å². The number of ether oxygens (including phenoxy) is 1. The number of hydrogen-bond acceptors (Lipinski definition) is 4. The fourth-order valence-electron chi connectivity index (χ4n) is 2.63. The number of carbonyl (C=O) groups is 2. The number of benzene rings is 3. The van der Waals surface area contributed by atoms with Crippen molar-refractivity contribution in [2.45, 2.75) is 6.92 Å². The molecule has 0 aliphatic heterocycles. The van der Waals surface area contributed by atoms with Gasteiger partial charge in [0.1, 0.15) is 5.75 Å². The molecule has 0 fully saturated rings. The molecule has 0 atom stereocenters. The summed E-state index contributed by atoms with van der Waals surface area (Å²) >= 11 is 0. The normalized spacial score (nSPS) is 10.1. The molecule has 3 aromatic carbocycles. The van der Waals surface area contributed by atoms with Crippen LogP contribution in [-0.2, 0) is 0 Å². The predicted molar refractivity (Wildman–Crippen MR) is 107 cm³/mol. The van der Waals surface area contributed by atoms with Gasteiger partial charge in [-0.3, -0.25) is 9.59 Å². The summed E-state index contributed by atoms with van der Waals surface area (Å²) in [5.41, 5.74) is 3.16. The molecule has 0 spiro atoms. The zero-order valence-corrected chi connectivity index (χ0v) is 15.2. The topological polar surface area (TPSA) is 67.4 Å². The SMILES string of the molecule is COc1ccc(Nc2ccccc2C(=O)Nc2cccc(C(C)=O)c2)cc1. The van der Waals surface area contributed by atoms with Crippen LogP contribution in [0.25, 0.3) is 0 Å². The maximum atomic E-state index is 12.8. The Morgan fingerprint density at radius 1 is 0.852 bits per heavy atom. The third-order valence-electron chi connectivity index (χ3n) is 4.07. The Bertz CT molecular complexity index is 965. The van der Waals surface area contributed by atoms with Crippen LogP contribution in [0.5, 0.6) is 5.75 Å². The van der Waals surface area contributed by atoms with Gasteiger partial charge < -0.3 is 15.4 Å². The van der Waals surface area contributed by atoms with Crippen molar-refractivity contribution < 1.29 is 14.3 Å². The number of anilines is 3. The number of rotatable bonds is 6. The van der Waals surface area contributed by atoms with E-state index in [1.165, 1.54) is 6.92 Å². The number of amides is 1. The molecular weight excluding hydrogens is 340 g/mol. The highest BCUT2D eigenvalue weighted by Crippen LogP contribution is 2.24. The molecule has 0 saturated carbocycles. The van der Waals surface area contributed by atoms with E-state index in [9.17, 15) is 9.59 Å². The molecule has 0 aliphatic rings. The summed E-state index contributed by atoms with van der Waals surface area (Å²) in [7, 11) is 1.61. The van der Waals surface area contributed by atoms with Crippen LogP contribution in [0.3, 0.4) is 0 Å². The quantitative estimate of drug-likeness (QED) is 0.614. The molecule has 3 aromatic rings. The molecule has 2 N–H and O–H groups in total. The van der Waals surface area contributed by atoms with E-state index in [1.807, 2.05) is 36.4 Å². The fourth-order valence-corrected chi connectivity index (χ4v) is 2.63. The number of Topliss-reactive ketones (excluding diaryl/α,β-unsaturated/α-hetero) is 1. The summed E-state index contributed by atoms with van der Waals surface area (Å²) in [4.78, 5) is 24.3. The molecule has 0 aliphatic carbocycles. The lowest BCUT2D eigenvalue weighted by Gasteiger charge is -2.13. The maximum Gasteiger partial charge on any atom is 0.257 e. The van der Waals surface area contributed by atoms with Crippen molar-refractivity contribution >= 4 is 28.8 Å². The summed E-state index contributed by atoms with van der Waals surface area (Å²) in [6.45, 7) is 1.50. The second kappa shape index (κ2) is 8.19. The summed E-state index contributed by atoms with van der Waals surface area (Å²) < 4.78 is 5.16. The molecule has 3 rings (SSSR count). The van der Waals surface area contributed by atoms with Crippen LogP contribution in [0.15, 0.2) is 72.8 Å². The van der Waals surface area contributed by atoms with Crippen LogP contribution in [0.2, 0.25) is 0 Å². The summed E-state index contributed by atoms with van der Waals surface area (Å²) in [5, 5.41) is 6.10. The van der Waals surface area contributed by atoms with Crippen LogP contribution < -0.4 is 15.4 Å². The van der Waals surface area contributed by atoms with Crippen molar-refractivity contribution in [2.75, 3.05) is 17.7 Å². The lowest BCUT2D eigenvalue weighted by Crippen LogP contribution is -2.14. The largest absolute Gasteiger partial charge is 0.497 e. The Labute approximate surface area is 158 Å². The molecule has 0 saturated heterocycles. The Balaban J connectivity index is 1.81. The molecule has 5 heteroatoms. The second-order valence-corrected chi connectivity index (χ2v) is 5.99. The highest BCUT2D eigenvalue weighted by atomic mass is 16.5. The number of nitrogens with one attached hydrogen (secondary N) is 2. The molecule has 5 nitrogen and oxygen atoms in total. The van der Waals surface area contributed by atoms with E-state index in [4.69, 9.17) is 4.74 Å². The average Bonchev–Trinajstić information content (AvgIpc) is 2.69. The molecular formula is C22H20N2O3. The summed E-state index contributed by atoms with van der Waals surface area (Å²) in [6, 6.07) is 21.6. The Kier molecular flexibility index (Phi) is 5.52. The van der Waals surface area contributed by atoms with Gasteiger partial charge in [-0.05, 0) is 55.5 Å². The summed E-state index contributed by atoms with van der Waals surface area (Å²) in [5.74, 6) is 0.455. The summed E-state index contributed by atoms with van der Waals surface area (Å²) in [6.07, 6.45) is 0. The van der Waals surface area contributed by atoms with Crippen molar-refractivity contribution in [3.05, 3.63) is 83.9 Å². The third-order valence-corrected chi connectivity index (χ3v) is 4.07. The molecule has 1 amide bonds. The van der Waals surface area contributed by atoms with Gasteiger partial charge in [0.15, 0.2) is 5.78 Å². The first-order valence-corrected chi connectivity index (χ1v) is 8.49. The van der Waals surface area contributed by atoms with Crippen LogP contribution in [0, 0.1) is 0 Å². The van der Waals surface area contributed by atoms with E-state index in [0.29, 0.717) is 22.5 Å². The molecule has 0 radical (unpaired) electrons. The number of carbonyl (C=O) groups excluding carboxylic acids is 2. The van der Waals surface area contributed by atoms with E-state index in [1.54, 1.807) is 43.5 Å². The van der Waals surface area contributed by atoms with Crippen molar-refractivity contribution in [3.63, 3.8) is 0 Å². The van der Waals surface area contributed by atoms with Crippen LogP contribution in [0.1, 0.15) is 27.6 Å². The van der Waals surface area contributed by atoms with Gasteiger partial charge in [-0.2, -0.15) is 0 Å². The minimum Gasteiger partial charge on any atom is -0.497 e. The van der Waals surface area contributed by atoms with Crippen molar-refractivity contribution in [1.82, 2.24) is 0 Å². The lowest BCUT2D eigenvalue weighted by molar-refractivity contribution is 0.101. The maximum absolute atomic E-state index is 12.8. The third kappa shape index (κ3) is 4.52. The lowest BCUT2D eigenvalue weighted by atomic mass is 10.1. The van der Waals surface area contributed by atoms with Crippen LogP contribution in [0.4, 0.5) is 17.1 Å². The van der Waals surface area contributed by atoms with Crippen molar-refractivity contribution in [3.8, 4) is 5.75 Å². The van der Waals surface area contributed by atoms with Crippen LogP contribution in [-0.4, -0.2) is 18.8 Å². The molecule has 0 heterocycles. The molecule has 136 valence electrons. The van der Waals surface area contributed by atoms with Gasteiger partial charge in [0.05, 0.1) is 18.4 Å². The van der Waals surface area contributed by atoms with E-state index in [-0.39, 0.29) is 11.7 Å². The number of hydrogen-bond donors (Lipinski definition) is 2. The Hall–Kier alpha value is -3.60. The fraction of sp³-hybridized carbons (Fsp3) is 0.0909. The first-order valence-electron chi connectivity index (χ1n) is 8.49. The molecule has 27 heavy (non-hydrogen) atoms. The number of methoxy groups -OCH3 is 1. The smallest absolute Gasteiger partial charge is 0.257 e. The second-order valence-electron chi connectivity index (χ2n) is 5.99.